The molecule has 1 saturated heterocycles. The predicted octanol–water partition coefficient (Wildman–Crippen LogP) is 1.95. The van der Waals surface area contributed by atoms with Crippen LogP contribution in [0.5, 0.6) is 0 Å². The number of aryl methyl sites for hydroxylation is 1. The normalized spacial score (nSPS) is 20.5. The highest BCUT2D eigenvalue weighted by atomic mass is 15.1. The summed E-state index contributed by atoms with van der Waals surface area (Å²) >= 11 is 0. The molecule has 0 saturated carbocycles. The molecule has 0 spiro atoms. The Bertz CT molecular complexity index is 356. The monoisotopic (exact) mass is 202 g/mol. The molecule has 2 nitrogen and oxygen atoms in total. The first-order chi connectivity index (χ1) is 7.43. The van der Waals surface area contributed by atoms with Crippen molar-refractivity contribution in [3.05, 3.63) is 29.3 Å². The van der Waals surface area contributed by atoms with E-state index in [1.54, 1.807) is 11.1 Å². The van der Waals surface area contributed by atoms with E-state index in [4.69, 9.17) is 0 Å². The van der Waals surface area contributed by atoms with Gasteiger partial charge in [0.2, 0.25) is 0 Å². The van der Waals surface area contributed by atoms with Crippen molar-refractivity contribution >= 4 is 5.69 Å². The predicted molar refractivity (Wildman–Crippen MR) is 63.4 cm³/mol. The van der Waals surface area contributed by atoms with Crippen LogP contribution in [0.3, 0.4) is 0 Å². The molecule has 1 aliphatic heterocycles. The van der Waals surface area contributed by atoms with Gasteiger partial charge in [0.1, 0.15) is 0 Å². The SMILES string of the molecule is c1cc2c(c(NC3CNC3)c1)CCCC2. The lowest BCUT2D eigenvalue weighted by Gasteiger charge is -2.31. The van der Waals surface area contributed by atoms with Crippen LogP contribution < -0.4 is 10.6 Å². The van der Waals surface area contributed by atoms with Gasteiger partial charge in [-0.1, -0.05) is 12.1 Å². The van der Waals surface area contributed by atoms with Crippen LogP contribution in [0.15, 0.2) is 18.2 Å². The minimum atomic E-state index is 0.651. The van der Waals surface area contributed by atoms with E-state index in [0.29, 0.717) is 6.04 Å². The second-order valence-corrected chi connectivity index (χ2v) is 4.65. The lowest BCUT2D eigenvalue weighted by atomic mass is 9.90. The first-order valence-electron chi connectivity index (χ1n) is 6.01. The van der Waals surface area contributed by atoms with Gasteiger partial charge in [-0.3, -0.25) is 0 Å². The van der Waals surface area contributed by atoms with E-state index in [1.807, 2.05) is 0 Å². The summed E-state index contributed by atoms with van der Waals surface area (Å²) in [6.45, 7) is 2.23. The topological polar surface area (TPSA) is 24.1 Å². The Labute approximate surface area is 91.1 Å². The zero-order valence-electron chi connectivity index (χ0n) is 9.05. The van der Waals surface area contributed by atoms with Crippen LogP contribution in [0.25, 0.3) is 0 Å². The maximum Gasteiger partial charge on any atom is 0.0510 e. The molecule has 1 fully saturated rings. The molecular formula is C13H18N2. The Morgan fingerprint density at radius 3 is 2.80 bits per heavy atom. The zero-order valence-corrected chi connectivity index (χ0v) is 9.05. The van der Waals surface area contributed by atoms with Crippen molar-refractivity contribution in [2.75, 3.05) is 18.4 Å². The molecule has 1 aromatic rings. The highest BCUT2D eigenvalue weighted by Crippen LogP contribution is 2.28. The van der Waals surface area contributed by atoms with Crippen LogP contribution in [0.1, 0.15) is 24.0 Å². The van der Waals surface area contributed by atoms with Gasteiger partial charge in [-0.25, -0.2) is 0 Å². The minimum absolute atomic E-state index is 0.651. The first-order valence-corrected chi connectivity index (χ1v) is 6.01. The number of hydrogen-bond acceptors (Lipinski definition) is 2. The summed E-state index contributed by atoms with van der Waals surface area (Å²) in [7, 11) is 0. The second kappa shape index (κ2) is 3.86. The molecule has 0 bridgehead atoms. The van der Waals surface area contributed by atoms with Crippen molar-refractivity contribution in [2.45, 2.75) is 31.7 Å². The van der Waals surface area contributed by atoms with Crippen molar-refractivity contribution in [3.8, 4) is 0 Å². The summed E-state index contributed by atoms with van der Waals surface area (Å²) < 4.78 is 0. The van der Waals surface area contributed by atoms with E-state index in [0.717, 1.165) is 13.1 Å². The van der Waals surface area contributed by atoms with Gasteiger partial charge < -0.3 is 10.6 Å². The Hall–Kier alpha value is -1.02. The van der Waals surface area contributed by atoms with Crippen molar-refractivity contribution in [2.24, 2.45) is 0 Å². The van der Waals surface area contributed by atoms with Crippen LogP contribution in [0.4, 0.5) is 5.69 Å². The van der Waals surface area contributed by atoms with Crippen molar-refractivity contribution in [3.63, 3.8) is 0 Å². The third kappa shape index (κ3) is 1.74. The van der Waals surface area contributed by atoms with Crippen molar-refractivity contribution < 1.29 is 0 Å². The van der Waals surface area contributed by atoms with Gasteiger partial charge in [0.05, 0.1) is 6.04 Å². The van der Waals surface area contributed by atoms with E-state index < -0.39 is 0 Å². The summed E-state index contributed by atoms with van der Waals surface area (Å²) in [6, 6.07) is 7.37. The lowest BCUT2D eigenvalue weighted by molar-refractivity contribution is 0.471. The molecule has 2 aliphatic rings. The molecule has 1 aliphatic carbocycles. The van der Waals surface area contributed by atoms with Crippen molar-refractivity contribution in [1.82, 2.24) is 5.32 Å². The third-order valence-corrected chi connectivity index (χ3v) is 3.54. The average Bonchev–Trinajstić information content (AvgIpc) is 2.23. The molecule has 2 heteroatoms. The fourth-order valence-corrected chi connectivity index (χ4v) is 2.53. The highest BCUT2D eigenvalue weighted by molar-refractivity contribution is 5.56. The Morgan fingerprint density at radius 2 is 2.00 bits per heavy atom. The number of nitrogens with one attached hydrogen (secondary N) is 2. The number of anilines is 1. The molecule has 3 rings (SSSR count). The lowest BCUT2D eigenvalue weighted by Crippen LogP contribution is -2.51. The summed E-state index contributed by atoms with van der Waals surface area (Å²) in [4.78, 5) is 0. The van der Waals surface area contributed by atoms with Gasteiger partial charge >= 0.3 is 0 Å². The summed E-state index contributed by atoms with van der Waals surface area (Å²) in [5.74, 6) is 0. The molecular weight excluding hydrogens is 184 g/mol. The molecule has 0 amide bonds. The first kappa shape index (κ1) is 9.22. The second-order valence-electron chi connectivity index (χ2n) is 4.65. The third-order valence-electron chi connectivity index (χ3n) is 3.54. The summed E-state index contributed by atoms with van der Waals surface area (Å²) in [5.41, 5.74) is 4.54. The Morgan fingerprint density at radius 1 is 1.13 bits per heavy atom. The van der Waals surface area contributed by atoms with Crippen LogP contribution in [-0.4, -0.2) is 19.1 Å². The van der Waals surface area contributed by atoms with E-state index >= 15 is 0 Å². The largest absolute Gasteiger partial charge is 0.380 e. The smallest absolute Gasteiger partial charge is 0.0510 e. The van der Waals surface area contributed by atoms with Gasteiger partial charge in [0.15, 0.2) is 0 Å². The van der Waals surface area contributed by atoms with Crippen LogP contribution in [-0.2, 0) is 12.8 Å². The molecule has 0 radical (unpaired) electrons. The molecule has 0 unspecified atom stereocenters. The van der Waals surface area contributed by atoms with Crippen LogP contribution in [0.2, 0.25) is 0 Å². The maximum atomic E-state index is 3.64. The Kier molecular flexibility index (Phi) is 2.37. The minimum Gasteiger partial charge on any atom is -0.380 e. The van der Waals surface area contributed by atoms with Gasteiger partial charge in [-0.15, -0.1) is 0 Å². The van der Waals surface area contributed by atoms with E-state index in [2.05, 4.69) is 28.8 Å². The van der Waals surface area contributed by atoms with E-state index in [9.17, 15) is 0 Å². The number of hydrogen-bond donors (Lipinski definition) is 2. The van der Waals surface area contributed by atoms with Crippen LogP contribution >= 0.6 is 0 Å². The fourth-order valence-electron chi connectivity index (χ4n) is 2.53. The van der Waals surface area contributed by atoms with Gasteiger partial charge in [-0.05, 0) is 42.9 Å². The standard InChI is InChI=1S/C13H18N2/c1-2-6-12-10(4-1)5-3-7-13(12)15-11-8-14-9-11/h3,5,7,11,14-15H,1-2,4,6,8-9H2. The summed E-state index contributed by atoms with van der Waals surface area (Å²) in [6.07, 6.45) is 5.25. The maximum absolute atomic E-state index is 3.64. The number of rotatable bonds is 2. The van der Waals surface area contributed by atoms with Crippen molar-refractivity contribution in [1.29, 1.82) is 0 Å². The molecule has 1 aromatic carbocycles. The van der Waals surface area contributed by atoms with E-state index in [-0.39, 0.29) is 0 Å². The Balaban J connectivity index is 1.85. The number of benzene rings is 1. The summed E-state index contributed by atoms with van der Waals surface area (Å²) in [5, 5.41) is 6.94. The van der Waals surface area contributed by atoms with Gasteiger partial charge in [0.25, 0.3) is 0 Å². The molecule has 1 heterocycles. The average molecular weight is 202 g/mol. The number of fused-ring (bicyclic) bond motifs is 1. The molecule has 0 aromatic heterocycles. The van der Waals surface area contributed by atoms with Gasteiger partial charge in [0, 0.05) is 18.8 Å². The van der Waals surface area contributed by atoms with Crippen LogP contribution in [0, 0.1) is 0 Å². The molecule has 80 valence electrons. The van der Waals surface area contributed by atoms with E-state index in [1.165, 1.54) is 31.4 Å². The molecule has 2 N–H and O–H groups in total. The molecule has 0 atom stereocenters. The highest BCUT2D eigenvalue weighted by Gasteiger charge is 2.19. The molecule has 15 heavy (non-hydrogen) atoms. The zero-order chi connectivity index (χ0) is 10.1. The fraction of sp³-hybridized carbons (Fsp3) is 0.538. The quantitative estimate of drug-likeness (QED) is 0.766. The van der Waals surface area contributed by atoms with Gasteiger partial charge in [-0.2, -0.15) is 0 Å².